The molecule has 18 heavy (non-hydrogen) atoms. The normalized spacial score (nSPS) is 10.8. The van der Waals surface area contributed by atoms with Crippen molar-refractivity contribution in [2.75, 3.05) is 13.6 Å². The summed E-state index contributed by atoms with van der Waals surface area (Å²) < 4.78 is 1.91. The van der Waals surface area contributed by atoms with E-state index < -0.39 is 0 Å². The number of rotatable bonds is 5. The number of nitrogens with one attached hydrogen (secondary N) is 1. The second-order valence-corrected chi connectivity index (χ2v) is 4.69. The third kappa shape index (κ3) is 2.79. The van der Waals surface area contributed by atoms with E-state index in [2.05, 4.69) is 47.8 Å². The van der Waals surface area contributed by atoms with Crippen molar-refractivity contribution in [1.29, 1.82) is 0 Å². The van der Waals surface area contributed by atoms with Gasteiger partial charge in [-0.1, -0.05) is 24.3 Å². The molecule has 1 N–H and O–H groups in total. The lowest BCUT2D eigenvalue weighted by molar-refractivity contribution is 0.689. The van der Waals surface area contributed by atoms with Crippen LogP contribution in [0.5, 0.6) is 0 Å². The molecule has 0 aliphatic rings. The fourth-order valence-electron chi connectivity index (χ4n) is 2.25. The van der Waals surface area contributed by atoms with E-state index in [0.717, 1.165) is 19.4 Å². The zero-order chi connectivity index (χ0) is 13.0. The van der Waals surface area contributed by atoms with Crippen LogP contribution in [0.15, 0.2) is 30.5 Å². The Bertz CT molecular complexity index is 514. The lowest BCUT2D eigenvalue weighted by atomic mass is 9.99. The Balaban J connectivity index is 2.30. The second-order valence-electron chi connectivity index (χ2n) is 4.69. The summed E-state index contributed by atoms with van der Waals surface area (Å²) in [5, 5.41) is 7.77. The van der Waals surface area contributed by atoms with Crippen LogP contribution in [-0.4, -0.2) is 23.4 Å². The van der Waals surface area contributed by atoms with Crippen LogP contribution in [0.3, 0.4) is 0 Å². The van der Waals surface area contributed by atoms with E-state index in [0.29, 0.717) is 0 Å². The molecule has 0 aliphatic heterocycles. The molecule has 0 amide bonds. The fourth-order valence-corrected chi connectivity index (χ4v) is 2.25. The van der Waals surface area contributed by atoms with E-state index in [1.165, 1.54) is 22.4 Å². The van der Waals surface area contributed by atoms with Gasteiger partial charge in [0.05, 0.1) is 5.69 Å². The molecule has 2 aromatic rings. The van der Waals surface area contributed by atoms with E-state index in [4.69, 9.17) is 0 Å². The van der Waals surface area contributed by atoms with Gasteiger partial charge in [0.25, 0.3) is 0 Å². The number of aromatic nitrogens is 2. The summed E-state index contributed by atoms with van der Waals surface area (Å²) in [4.78, 5) is 0. The summed E-state index contributed by atoms with van der Waals surface area (Å²) in [7, 11) is 3.98. The summed E-state index contributed by atoms with van der Waals surface area (Å²) >= 11 is 0. The first kappa shape index (κ1) is 12.8. The van der Waals surface area contributed by atoms with Gasteiger partial charge in [-0.25, -0.2) is 0 Å². The molecular formula is C15H21N3. The van der Waals surface area contributed by atoms with Crippen LogP contribution in [0.4, 0.5) is 0 Å². The highest BCUT2D eigenvalue weighted by Gasteiger charge is 2.11. The van der Waals surface area contributed by atoms with E-state index >= 15 is 0 Å². The first-order valence-corrected chi connectivity index (χ1v) is 6.45. The molecule has 1 aromatic carbocycles. The molecule has 0 radical (unpaired) electrons. The van der Waals surface area contributed by atoms with Crippen LogP contribution in [-0.2, 0) is 13.5 Å². The van der Waals surface area contributed by atoms with Crippen LogP contribution in [0, 0.1) is 6.92 Å². The van der Waals surface area contributed by atoms with Gasteiger partial charge in [0.15, 0.2) is 0 Å². The number of nitrogens with zero attached hydrogens (tertiary/aromatic N) is 2. The van der Waals surface area contributed by atoms with Crippen molar-refractivity contribution in [1.82, 2.24) is 15.1 Å². The molecule has 0 fully saturated rings. The predicted octanol–water partition coefficient (Wildman–Crippen LogP) is 2.55. The van der Waals surface area contributed by atoms with Gasteiger partial charge < -0.3 is 5.32 Å². The van der Waals surface area contributed by atoms with E-state index in [9.17, 15) is 0 Å². The predicted molar refractivity (Wildman–Crippen MR) is 75.6 cm³/mol. The van der Waals surface area contributed by atoms with Crippen molar-refractivity contribution in [2.45, 2.75) is 19.8 Å². The van der Waals surface area contributed by atoms with Crippen LogP contribution < -0.4 is 5.32 Å². The SMILES string of the molecule is CNCCCc1nn(C)cc1-c1ccccc1C. The molecular weight excluding hydrogens is 222 g/mol. The van der Waals surface area contributed by atoms with Crippen molar-refractivity contribution in [3.8, 4) is 11.1 Å². The maximum absolute atomic E-state index is 4.59. The summed E-state index contributed by atoms with van der Waals surface area (Å²) in [6.07, 6.45) is 4.26. The Morgan fingerprint density at radius 1 is 1.22 bits per heavy atom. The Morgan fingerprint density at radius 2 is 2.00 bits per heavy atom. The molecule has 0 bridgehead atoms. The van der Waals surface area contributed by atoms with Crippen LogP contribution in [0.1, 0.15) is 17.7 Å². The topological polar surface area (TPSA) is 29.9 Å². The molecule has 3 nitrogen and oxygen atoms in total. The zero-order valence-corrected chi connectivity index (χ0v) is 11.4. The van der Waals surface area contributed by atoms with Crippen LogP contribution >= 0.6 is 0 Å². The van der Waals surface area contributed by atoms with Crippen molar-refractivity contribution in [3.63, 3.8) is 0 Å². The van der Waals surface area contributed by atoms with Gasteiger partial charge in [-0.3, -0.25) is 4.68 Å². The Hall–Kier alpha value is -1.61. The van der Waals surface area contributed by atoms with Crippen molar-refractivity contribution >= 4 is 0 Å². The second kappa shape index (κ2) is 5.83. The van der Waals surface area contributed by atoms with Crippen molar-refractivity contribution in [2.24, 2.45) is 7.05 Å². The number of benzene rings is 1. The van der Waals surface area contributed by atoms with Gasteiger partial charge in [0.1, 0.15) is 0 Å². The smallest absolute Gasteiger partial charge is 0.0703 e. The maximum Gasteiger partial charge on any atom is 0.0703 e. The van der Waals surface area contributed by atoms with E-state index in [1.807, 2.05) is 18.8 Å². The fraction of sp³-hybridized carbons (Fsp3) is 0.400. The van der Waals surface area contributed by atoms with E-state index in [-0.39, 0.29) is 0 Å². The maximum atomic E-state index is 4.59. The molecule has 1 aromatic heterocycles. The van der Waals surface area contributed by atoms with Gasteiger partial charge in [-0.2, -0.15) is 5.10 Å². The lowest BCUT2D eigenvalue weighted by Gasteiger charge is -2.05. The Morgan fingerprint density at radius 3 is 2.72 bits per heavy atom. The number of aryl methyl sites for hydroxylation is 3. The molecule has 3 heteroatoms. The molecule has 2 rings (SSSR count). The van der Waals surface area contributed by atoms with Gasteiger partial charge in [0.2, 0.25) is 0 Å². The van der Waals surface area contributed by atoms with Crippen LogP contribution in [0.25, 0.3) is 11.1 Å². The summed E-state index contributed by atoms with van der Waals surface area (Å²) in [6, 6.07) is 8.50. The summed E-state index contributed by atoms with van der Waals surface area (Å²) in [5.41, 5.74) is 5.07. The van der Waals surface area contributed by atoms with Gasteiger partial charge in [-0.05, 0) is 44.5 Å². The first-order chi connectivity index (χ1) is 8.72. The molecule has 0 atom stereocenters. The van der Waals surface area contributed by atoms with E-state index in [1.54, 1.807) is 0 Å². The molecule has 0 saturated heterocycles. The zero-order valence-electron chi connectivity index (χ0n) is 11.4. The van der Waals surface area contributed by atoms with Gasteiger partial charge in [-0.15, -0.1) is 0 Å². The average molecular weight is 243 g/mol. The highest BCUT2D eigenvalue weighted by molar-refractivity contribution is 5.68. The Kier molecular flexibility index (Phi) is 4.15. The minimum Gasteiger partial charge on any atom is -0.320 e. The quantitative estimate of drug-likeness (QED) is 0.818. The lowest BCUT2D eigenvalue weighted by Crippen LogP contribution is -2.08. The average Bonchev–Trinajstić information content (AvgIpc) is 2.71. The number of hydrogen-bond donors (Lipinski definition) is 1. The first-order valence-electron chi connectivity index (χ1n) is 6.45. The highest BCUT2D eigenvalue weighted by Crippen LogP contribution is 2.26. The van der Waals surface area contributed by atoms with Crippen LogP contribution in [0.2, 0.25) is 0 Å². The molecule has 96 valence electrons. The number of hydrogen-bond acceptors (Lipinski definition) is 2. The minimum absolute atomic E-state index is 1.02. The summed E-state index contributed by atoms with van der Waals surface area (Å²) in [6.45, 7) is 3.18. The molecule has 0 spiro atoms. The van der Waals surface area contributed by atoms with Crippen molar-refractivity contribution < 1.29 is 0 Å². The molecule has 0 unspecified atom stereocenters. The third-order valence-electron chi connectivity index (χ3n) is 3.18. The standard InChI is InChI=1S/C15H21N3/c1-12-7-4-5-8-13(12)14-11-18(3)17-15(14)9-6-10-16-2/h4-5,7-8,11,16H,6,9-10H2,1-3H3. The molecule has 0 saturated carbocycles. The monoisotopic (exact) mass is 243 g/mol. The van der Waals surface area contributed by atoms with Crippen molar-refractivity contribution in [3.05, 3.63) is 41.7 Å². The van der Waals surface area contributed by atoms with Gasteiger partial charge in [0, 0.05) is 18.8 Å². The summed E-state index contributed by atoms with van der Waals surface area (Å²) in [5.74, 6) is 0. The minimum atomic E-state index is 1.02. The largest absolute Gasteiger partial charge is 0.320 e. The Labute approximate surface area is 109 Å². The molecule has 0 aliphatic carbocycles. The highest BCUT2D eigenvalue weighted by atomic mass is 15.2. The van der Waals surface area contributed by atoms with Gasteiger partial charge >= 0.3 is 0 Å². The molecule has 1 heterocycles. The third-order valence-corrected chi connectivity index (χ3v) is 3.18.